The van der Waals surface area contributed by atoms with Gasteiger partial charge in [0.15, 0.2) is 0 Å². The standard InChI is InChI=1S/C16H18F3N5O/c1-23-10-20-8-12(23)15(25)21-11-4-3-7-24(9-11)14-6-2-5-13(22-14)16(17,18)19/h2,5-6,8,10-11H,3-4,7,9H2,1H3,(H,21,25). The minimum absolute atomic E-state index is 0.160. The summed E-state index contributed by atoms with van der Waals surface area (Å²) in [6, 6.07) is 3.70. The van der Waals surface area contributed by atoms with Crippen LogP contribution in [-0.2, 0) is 13.2 Å². The minimum atomic E-state index is -4.47. The molecule has 0 bridgehead atoms. The molecule has 0 radical (unpaired) electrons. The number of hydrogen-bond donors (Lipinski definition) is 1. The van der Waals surface area contributed by atoms with Gasteiger partial charge in [0.25, 0.3) is 5.91 Å². The SMILES string of the molecule is Cn1cncc1C(=O)NC1CCCN(c2cccc(C(F)(F)F)n2)C1. The molecule has 1 fully saturated rings. The van der Waals surface area contributed by atoms with E-state index in [1.54, 1.807) is 22.6 Å². The number of carbonyl (C=O) groups excluding carboxylic acids is 1. The number of halogens is 3. The highest BCUT2D eigenvalue weighted by atomic mass is 19.4. The topological polar surface area (TPSA) is 63.1 Å². The molecule has 1 aliphatic rings. The predicted molar refractivity (Wildman–Crippen MR) is 85.1 cm³/mol. The van der Waals surface area contributed by atoms with E-state index in [-0.39, 0.29) is 17.8 Å². The maximum Gasteiger partial charge on any atom is 0.433 e. The lowest BCUT2D eigenvalue weighted by atomic mass is 10.1. The Morgan fingerprint density at radius 1 is 1.36 bits per heavy atom. The van der Waals surface area contributed by atoms with Crippen molar-refractivity contribution in [3.8, 4) is 0 Å². The molecule has 0 aliphatic carbocycles. The molecule has 1 aliphatic heterocycles. The third kappa shape index (κ3) is 3.92. The second-order valence-corrected chi connectivity index (χ2v) is 6.03. The molecule has 0 aromatic carbocycles. The highest BCUT2D eigenvalue weighted by Gasteiger charge is 2.33. The number of pyridine rings is 1. The van der Waals surface area contributed by atoms with Gasteiger partial charge < -0.3 is 14.8 Å². The first-order chi connectivity index (χ1) is 11.8. The van der Waals surface area contributed by atoms with E-state index in [9.17, 15) is 18.0 Å². The second-order valence-electron chi connectivity index (χ2n) is 6.03. The van der Waals surface area contributed by atoms with Gasteiger partial charge in [-0.25, -0.2) is 9.97 Å². The van der Waals surface area contributed by atoms with Crippen molar-refractivity contribution in [2.24, 2.45) is 7.05 Å². The first-order valence-electron chi connectivity index (χ1n) is 7.91. The Labute approximate surface area is 142 Å². The number of aromatic nitrogens is 3. The van der Waals surface area contributed by atoms with Crippen molar-refractivity contribution in [1.82, 2.24) is 19.9 Å². The molecule has 2 aromatic rings. The Bertz CT molecular complexity index is 758. The number of alkyl halides is 3. The number of aryl methyl sites for hydroxylation is 1. The first-order valence-corrected chi connectivity index (χ1v) is 7.91. The second kappa shape index (κ2) is 6.73. The zero-order chi connectivity index (χ0) is 18.0. The van der Waals surface area contributed by atoms with Gasteiger partial charge in [-0.2, -0.15) is 13.2 Å². The maximum absolute atomic E-state index is 12.8. The van der Waals surface area contributed by atoms with E-state index in [1.165, 1.54) is 18.6 Å². The normalized spacial score (nSPS) is 18.2. The third-order valence-corrected chi connectivity index (χ3v) is 4.15. The predicted octanol–water partition coefficient (Wildman–Crippen LogP) is 2.23. The van der Waals surface area contributed by atoms with Gasteiger partial charge >= 0.3 is 6.18 Å². The molecule has 1 atom stereocenters. The number of amides is 1. The van der Waals surface area contributed by atoms with Crippen molar-refractivity contribution in [1.29, 1.82) is 0 Å². The van der Waals surface area contributed by atoms with E-state index < -0.39 is 11.9 Å². The molecule has 0 saturated carbocycles. The number of piperidine rings is 1. The zero-order valence-electron chi connectivity index (χ0n) is 13.6. The Balaban J connectivity index is 1.69. The molecule has 25 heavy (non-hydrogen) atoms. The number of nitrogens with zero attached hydrogens (tertiary/aromatic N) is 4. The van der Waals surface area contributed by atoms with Crippen LogP contribution in [0.15, 0.2) is 30.7 Å². The summed E-state index contributed by atoms with van der Waals surface area (Å²) < 4.78 is 40.1. The van der Waals surface area contributed by atoms with Crippen LogP contribution < -0.4 is 10.2 Å². The molecule has 1 saturated heterocycles. The van der Waals surface area contributed by atoms with E-state index in [2.05, 4.69) is 15.3 Å². The number of rotatable bonds is 3. The van der Waals surface area contributed by atoms with Crippen LogP contribution >= 0.6 is 0 Å². The Kier molecular flexibility index (Phi) is 4.65. The average Bonchev–Trinajstić information content (AvgIpc) is 3.01. The fraction of sp³-hybridized carbons (Fsp3) is 0.438. The molecule has 134 valence electrons. The molecule has 2 aromatic heterocycles. The fourth-order valence-corrected chi connectivity index (χ4v) is 2.90. The highest BCUT2D eigenvalue weighted by molar-refractivity contribution is 5.92. The lowest BCUT2D eigenvalue weighted by Crippen LogP contribution is -2.48. The molecule has 3 rings (SSSR count). The van der Waals surface area contributed by atoms with Crippen molar-refractivity contribution < 1.29 is 18.0 Å². The molecule has 9 heteroatoms. The van der Waals surface area contributed by atoms with Gasteiger partial charge in [0, 0.05) is 26.2 Å². The fourth-order valence-electron chi connectivity index (χ4n) is 2.90. The lowest BCUT2D eigenvalue weighted by Gasteiger charge is -2.34. The smallest absolute Gasteiger partial charge is 0.355 e. The first kappa shape index (κ1) is 17.2. The molecular weight excluding hydrogens is 335 g/mol. The van der Waals surface area contributed by atoms with Crippen molar-refractivity contribution >= 4 is 11.7 Å². The van der Waals surface area contributed by atoms with E-state index in [4.69, 9.17) is 0 Å². The van der Waals surface area contributed by atoms with Gasteiger partial charge in [-0.3, -0.25) is 4.79 Å². The maximum atomic E-state index is 12.8. The van der Waals surface area contributed by atoms with Gasteiger partial charge in [-0.05, 0) is 25.0 Å². The average molecular weight is 353 g/mol. The van der Waals surface area contributed by atoms with Crippen LogP contribution in [0.2, 0.25) is 0 Å². The van der Waals surface area contributed by atoms with Crippen LogP contribution in [0.1, 0.15) is 29.0 Å². The van der Waals surface area contributed by atoms with Crippen LogP contribution in [0.5, 0.6) is 0 Å². The quantitative estimate of drug-likeness (QED) is 0.919. The summed E-state index contributed by atoms with van der Waals surface area (Å²) in [6.45, 7) is 1.02. The molecule has 6 nitrogen and oxygen atoms in total. The number of carbonyl (C=O) groups is 1. The summed E-state index contributed by atoms with van der Waals surface area (Å²) in [5.74, 6) is 0.0261. The lowest BCUT2D eigenvalue weighted by molar-refractivity contribution is -0.141. The zero-order valence-corrected chi connectivity index (χ0v) is 13.6. The van der Waals surface area contributed by atoms with Gasteiger partial charge in [0.2, 0.25) is 0 Å². The number of nitrogens with one attached hydrogen (secondary N) is 1. The van der Waals surface area contributed by atoms with E-state index in [0.717, 1.165) is 18.9 Å². The number of imidazole rings is 1. The molecule has 1 N–H and O–H groups in total. The molecule has 1 unspecified atom stereocenters. The summed E-state index contributed by atoms with van der Waals surface area (Å²) in [7, 11) is 1.72. The summed E-state index contributed by atoms with van der Waals surface area (Å²) in [6.07, 6.45) is 0.0607. The summed E-state index contributed by atoms with van der Waals surface area (Å²) in [5.41, 5.74) is -0.472. The number of anilines is 1. The van der Waals surface area contributed by atoms with Crippen LogP contribution in [0.3, 0.4) is 0 Å². The van der Waals surface area contributed by atoms with Crippen molar-refractivity contribution in [2.45, 2.75) is 25.1 Å². The Morgan fingerprint density at radius 2 is 2.16 bits per heavy atom. The Hall–Kier alpha value is -2.58. The molecule has 1 amide bonds. The Morgan fingerprint density at radius 3 is 2.84 bits per heavy atom. The summed E-state index contributed by atoms with van der Waals surface area (Å²) in [5, 5.41) is 2.92. The third-order valence-electron chi connectivity index (χ3n) is 4.15. The van der Waals surface area contributed by atoms with E-state index in [1.807, 2.05) is 0 Å². The van der Waals surface area contributed by atoms with Gasteiger partial charge in [0.1, 0.15) is 17.2 Å². The minimum Gasteiger partial charge on any atom is -0.355 e. The van der Waals surface area contributed by atoms with Gasteiger partial charge in [-0.15, -0.1) is 0 Å². The van der Waals surface area contributed by atoms with Gasteiger partial charge in [-0.1, -0.05) is 6.07 Å². The van der Waals surface area contributed by atoms with Crippen LogP contribution in [0.4, 0.5) is 19.0 Å². The molecule has 0 spiro atoms. The monoisotopic (exact) mass is 353 g/mol. The van der Waals surface area contributed by atoms with Crippen molar-refractivity contribution in [3.63, 3.8) is 0 Å². The van der Waals surface area contributed by atoms with Crippen LogP contribution in [-0.4, -0.2) is 39.6 Å². The summed E-state index contributed by atoms with van der Waals surface area (Å²) in [4.78, 5) is 21.7. The van der Waals surface area contributed by atoms with E-state index in [0.29, 0.717) is 18.8 Å². The largest absolute Gasteiger partial charge is 0.433 e. The van der Waals surface area contributed by atoms with Crippen LogP contribution in [0.25, 0.3) is 0 Å². The van der Waals surface area contributed by atoms with Crippen molar-refractivity contribution in [2.75, 3.05) is 18.0 Å². The number of hydrogen-bond acceptors (Lipinski definition) is 4. The highest BCUT2D eigenvalue weighted by Crippen LogP contribution is 2.29. The van der Waals surface area contributed by atoms with Crippen LogP contribution in [0, 0.1) is 0 Å². The van der Waals surface area contributed by atoms with E-state index >= 15 is 0 Å². The van der Waals surface area contributed by atoms with Gasteiger partial charge in [0.05, 0.1) is 12.5 Å². The van der Waals surface area contributed by atoms with Crippen molar-refractivity contribution in [3.05, 3.63) is 42.1 Å². The molecule has 3 heterocycles. The summed E-state index contributed by atoms with van der Waals surface area (Å²) >= 11 is 0. The molecular formula is C16H18F3N5O.